The smallest absolute Gasteiger partial charge is 0.254 e. The summed E-state index contributed by atoms with van der Waals surface area (Å²) in [6.07, 6.45) is 5.84. The number of rotatable bonds is 4. The molecule has 2 amide bonds. The SMILES string of the molecule is C#CCOc1ccc(C(=O)N2CCc3ccccc3C2C(N)=O)cc1. The van der Waals surface area contributed by atoms with Crippen molar-refractivity contribution >= 4 is 11.8 Å². The standard InChI is InChI=1S/C20H18N2O3/c1-2-13-25-16-9-7-15(8-10-16)20(24)22-12-11-14-5-3-4-6-17(14)18(22)19(21)23/h1,3-10,18H,11-13H2,(H2,21,23). The number of hydrogen-bond donors (Lipinski definition) is 1. The minimum atomic E-state index is -0.755. The van der Waals surface area contributed by atoms with Crippen molar-refractivity contribution in [3.8, 4) is 18.1 Å². The molecule has 2 aromatic carbocycles. The summed E-state index contributed by atoms with van der Waals surface area (Å²) in [6.45, 7) is 0.610. The number of carbonyl (C=O) groups is 2. The Morgan fingerprint density at radius 3 is 2.60 bits per heavy atom. The third-order valence-electron chi connectivity index (χ3n) is 4.24. The van der Waals surface area contributed by atoms with E-state index >= 15 is 0 Å². The Kier molecular flexibility index (Phi) is 4.71. The quantitative estimate of drug-likeness (QED) is 0.868. The number of terminal acetylenes is 1. The van der Waals surface area contributed by atoms with E-state index in [4.69, 9.17) is 16.9 Å². The van der Waals surface area contributed by atoms with Crippen LogP contribution in [0.3, 0.4) is 0 Å². The number of benzene rings is 2. The highest BCUT2D eigenvalue weighted by Crippen LogP contribution is 2.30. The van der Waals surface area contributed by atoms with Gasteiger partial charge in [0.05, 0.1) is 0 Å². The van der Waals surface area contributed by atoms with Crippen molar-refractivity contribution in [1.82, 2.24) is 4.90 Å². The highest BCUT2D eigenvalue weighted by Gasteiger charge is 2.34. The fourth-order valence-corrected chi connectivity index (χ4v) is 3.08. The first kappa shape index (κ1) is 16.6. The van der Waals surface area contributed by atoms with Gasteiger partial charge in [0.2, 0.25) is 5.91 Å². The molecule has 0 radical (unpaired) electrons. The summed E-state index contributed by atoms with van der Waals surface area (Å²) in [5.41, 5.74) is 7.91. The van der Waals surface area contributed by atoms with E-state index in [9.17, 15) is 9.59 Å². The van der Waals surface area contributed by atoms with Crippen LogP contribution in [0.2, 0.25) is 0 Å². The Hall–Kier alpha value is -3.26. The van der Waals surface area contributed by atoms with Crippen LogP contribution in [0.4, 0.5) is 0 Å². The molecule has 0 aliphatic carbocycles. The summed E-state index contributed by atoms with van der Waals surface area (Å²) in [5, 5.41) is 0. The number of nitrogens with zero attached hydrogens (tertiary/aromatic N) is 1. The predicted octanol–water partition coefficient (Wildman–Crippen LogP) is 1.92. The van der Waals surface area contributed by atoms with Gasteiger partial charge in [-0.15, -0.1) is 6.42 Å². The first-order valence-corrected chi connectivity index (χ1v) is 7.96. The summed E-state index contributed by atoms with van der Waals surface area (Å²) < 4.78 is 5.31. The van der Waals surface area contributed by atoms with Gasteiger partial charge in [0.15, 0.2) is 0 Å². The van der Waals surface area contributed by atoms with Gasteiger partial charge in [-0.05, 0) is 41.8 Å². The summed E-state index contributed by atoms with van der Waals surface area (Å²) >= 11 is 0. The Labute approximate surface area is 146 Å². The zero-order chi connectivity index (χ0) is 17.8. The summed E-state index contributed by atoms with van der Waals surface area (Å²) in [4.78, 5) is 26.4. The highest BCUT2D eigenvalue weighted by molar-refractivity contribution is 5.98. The topological polar surface area (TPSA) is 72.6 Å². The number of fused-ring (bicyclic) bond motifs is 1. The van der Waals surface area contributed by atoms with E-state index in [0.29, 0.717) is 24.3 Å². The molecule has 0 spiro atoms. The van der Waals surface area contributed by atoms with Crippen molar-refractivity contribution in [1.29, 1.82) is 0 Å². The van der Waals surface area contributed by atoms with Crippen molar-refractivity contribution in [2.45, 2.75) is 12.5 Å². The van der Waals surface area contributed by atoms with E-state index in [0.717, 1.165) is 11.1 Å². The van der Waals surface area contributed by atoms with E-state index in [1.807, 2.05) is 24.3 Å². The zero-order valence-electron chi connectivity index (χ0n) is 13.6. The second-order valence-electron chi connectivity index (χ2n) is 5.77. The normalized spacial score (nSPS) is 15.8. The first-order valence-electron chi connectivity index (χ1n) is 7.96. The second kappa shape index (κ2) is 7.10. The molecule has 1 heterocycles. The average Bonchev–Trinajstić information content (AvgIpc) is 2.65. The van der Waals surface area contributed by atoms with Crippen LogP contribution in [0.25, 0.3) is 0 Å². The van der Waals surface area contributed by atoms with Gasteiger partial charge in [0.25, 0.3) is 5.91 Å². The molecule has 126 valence electrons. The number of amides is 2. The summed E-state index contributed by atoms with van der Waals surface area (Å²) in [7, 11) is 0. The molecule has 25 heavy (non-hydrogen) atoms. The zero-order valence-corrected chi connectivity index (χ0v) is 13.6. The molecule has 0 bridgehead atoms. The van der Waals surface area contributed by atoms with Crippen LogP contribution in [0.5, 0.6) is 5.75 Å². The molecule has 1 atom stereocenters. The maximum atomic E-state index is 12.9. The van der Waals surface area contributed by atoms with Gasteiger partial charge in [-0.2, -0.15) is 0 Å². The first-order chi connectivity index (χ1) is 12.1. The number of nitrogens with two attached hydrogens (primary N) is 1. The maximum Gasteiger partial charge on any atom is 0.254 e. The Morgan fingerprint density at radius 1 is 1.20 bits per heavy atom. The van der Waals surface area contributed by atoms with E-state index in [2.05, 4.69) is 5.92 Å². The molecule has 0 fully saturated rings. The third kappa shape index (κ3) is 3.33. The lowest BCUT2D eigenvalue weighted by atomic mass is 9.91. The molecule has 1 aliphatic heterocycles. The van der Waals surface area contributed by atoms with Crippen LogP contribution in [0.1, 0.15) is 27.5 Å². The van der Waals surface area contributed by atoms with Gasteiger partial charge in [-0.25, -0.2) is 0 Å². The largest absolute Gasteiger partial charge is 0.481 e. The van der Waals surface area contributed by atoms with Gasteiger partial charge in [-0.3, -0.25) is 9.59 Å². The van der Waals surface area contributed by atoms with E-state index in [1.54, 1.807) is 24.3 Å². The molecular weight excluding hydrogens is 316 g/mol. The minimum Gasteiger partial charge on any atom is -0.481 e. The highest BCUT2D eigenvalue weighted by atomic mass is 16.5. The number of ether oxygens (including phenoxy) is 1. The van der Waals surface area contributed by atoms with E-state index < -0.39 is 11.9 Å². The third-order valence-corrected chi connectivity index (χ3v) is 4.24. The molecule has 1 aliphatic rings. The molecule has 5 nitrogen and oxygen atoms in total. The molecule has 0 aromatic heterocycles. The molecule has 3 rings (SSSR count). The van der Waals surface area contributed by atoms with Gasteiger partial charge >= 0.3 is 0 Å². The average molecular weight is 334 g/mol. The fourth-order valence-electron chi connectivity index (χ4n) is 3.08. The lowest BCUT2D eigenvalue weighted by Crippen LogP contribution is -2.45. The predicted molar refractivity (Wildman–Crippen MR) is 93.9 cm³/mol. The van der Waals surface area contributed by atoms with Crippen LogP contribution in [-0.2, 0) is 11.2 Å². The number of hydrogen-bond acceptors (Lipinski definition) is 3. The molecule has 0 saturated carbocycles. The summed E-state index contributed by atoms with van der Waals surface area (Å²) in [5.74, 6) is 2.20. The van der Waals surface area contributed by atoms with Gasteiger partial charge < -0.3 is 15.4 Å². The van der Waals surface area contributed by atoms with Crippen LogP contribution < -0.4 is 10.5 Å². The second-order valence-corrected chi connectivity index (χ2v) is 5.77. The maximum absolute atomic E-state index is 12.9. The van der Waals surface area contributed by atoms with Crippen molar-refractivity contribution in [3.05, 3.63) is 65.2 Å². The van der Waals surface area contributed by atoms with E-state index in [1.165, 1.54) is 4.90 Å². The Balaban J connectivity index is 1.86. The Morgan fingerprint density at radius 2 is 1.92 bits per heavy atom. The van der Waals surface area contributed by atoms with Crippen molar-refractivity contribution < 1.29 is 14.3 Å². The monoisotopic (exact) mass is 334 g/mol. The van der Waals surface area contributed by atoms with Crippen LogP contribution in [0, 0.1) is 12.3 Å². The van der Waals surface area contributed by atoms with Crippen molar-refractivity contribution in [2.75, 3.05) is 13.2 Å². The van der Waals surface area contributed by atoms with Gasteiger partial charge in [0, 0.05) is 12.1 Å². The molecule has 1 unspecified atom stereocenters. The molecule has 2 aromatic rings. The van der Waals surface area contributed by atoms with Gasteiger partial charge in [0.1, 0.15) is 18.4 Å². The van der Waals surface area contributed by atoms with Crippen LogP contribution in [0.15, 0.2) is 48.5 Å². The van der Waals surface area contributed by atoms with Gasteiger partial charge in [-0.1, -0.05) is 30.2 Å². The lowest BCUT2D eigenvalue weighted by Gasteiger charge is -2.35. The summed E-state index contributed by atoms with van der Waals surface area (Å²) in [6, 6.07) is 13.5. The number of primary amides is 1. The Bertz CT molecular complexity index is 837. The molecular formula is C20H18N2O3. The molecule has 0 saturated heterocycles. The van der Waals surface area contributed by atoms with E-state index in [-0.39, 0.29) is 12.5 Å². The van der Waals surface area contributed by atoms with Crippen molar-refractivity contribution in [3.63, 3.8) is 0 Å². The van der Waals surface area contributed by atoms with Crippen molar-refractivity contribution in [2.24, 2.45) is 5.73 Å². The number of carbonyl (C=O) groups excluding carboxylic acids is 2. The minimum absolute atomic E-state index is 0.167. The van der Waals surface area contributed by atoms with Crippen LogP contribution in [-0.4, -0.2) is 29.9 Å². The van der Waals surface area contributed by atoms with Crippen LogP contribution >= 0.6 is 0 Å². The fraction of sp³-hybridized carbons (Fsp3) is 0.200. The lowest BCUT2D eigenvalue weighted by molar-refractivity contribution is -0.123. The molecule has 5 heteroatoms. The molecule has 2 N–H and O–H groups in total.